The van der Waals surface area contributed by atoms with Gasteiger partial charge in [-0.15, -0.1) is 0 Å². The average molecular weight is 498 g/mol. The zero-order chi connectivity index (χ0) is 26.4. The number of nitrogens with one attached hydrogen (secondary N) is 1. The number of hydrogen-bond acceptors (Lipinski definition) is 5. The van der Waals surface area contributed by atoms with Gasteiger partial charge in [0, 0.05) is 11.1 Å². The Hall–Kier alpha value is -3.78. The van der Waals surface area contributed by atoms with E-state index in [2.05, 4.69) is 5.32 Å². The summed E-state index contributed by atoms with van der Waals surface area (Å²) in [6.07, 6.45) is -0.726. The summed E-state index contributed by atoms with van der Waals surface area (Å²) in [6, 6.07) is 10.9. The zero-order valence-electron chi connectivity index (χ0n) is 20.4. The number of amides is 1. The molecular weight excluding hydrogens is 468 g/mol. The van der Waals surface area contributed by atoms with Crippen LogP contribution in [0.15, 0.2) is 48.5 Å². The summed E-state index contributed by atoms with van der Waals surface area (Å²) in [4.78, 5) is 25.2. The largest absolute Gasteiger partial charge is 0.507 e. The third kappa shape index (κ3) is 6.26. The van der Waals surface area contributed by atoms with Crippen molar-refractivity contribution in [2.75, 3.05) is 6.61 Å². The van der Waals surface area contributed by atoms with Crippen molar-refractivity contribution in [2.45, 2.75) is 46.3 Å². The predicted octanol–water partition coefficient (Wildman–Crippen LogP) is 4.80. The molecule has 3 aromatic carbocycles. The number of halogens is 2. The van der Waals surface area contributed by atoms with Gasteiger partial charge in [0.15, 0.2) is 0 Å². The molecule has 0 fully saturated rings. The molecule has 0 aliphatic heterocycles. The van der Waals surface area contributed by atoms with Gasteiger partial charge < -0.3 is 20.3 Å². The average Bonchev–Trinajstić information content (AvgIpc) is 2.82. The predicted molar refractivity (Wildman–Crippen MR) is 131 cm³/mol. The number of rotatable bonds is 9. The highest BCUT2D eigenvalue weighted by molar-refractivity contribution is 5.81. The first-order valence-electron chi connectivity index (χ1n) is 11.6. The lowest BCUT2D eigenvalue weighted by Crippen LogP contribution is -2.32. The van der Waals surface area contributed by atoms with Gasteiger partial charge >= 0.3 is 5.97 Å². The Morgan fingerprint density at radius 1 is 1.06 bits per heavy atom. The van der Waals surface area contributed by atoms with Crippen LogP contribution in [0.4, 0.5) is 8.78 Å². The molecule has 0 radical (unpaired) electrons. The number of carbonyl (C=O) groups is 2. The first-order chi connectivity index (χ1) is 17.1. The Morgan fingerprint density at radius 3 is 2.47 bits per heavy atom. The van der Waals surface area contributed by atoms with E-state index in [0.29, 0.717) is 16.7 Å². The molecule has 36 heavy (non-hydrogen) atoms. The van der Waals surface area contributed by atoms with Crippen molar-refractivity contribution in [3.63, 3.8) is 0 Å². The number of benzene rings is 3. The molecule has 0 saturated carbocycles. The van der Waals surface area contributed by atoms with Crippen molar-refractivity contribution >= 4 is 11.9 Å². The van der Waals surface area contributed by atoms with Crippen molar-refractivity contribution in [1.82, 2.24) is 5.32 Å². The Kier molecular flexibility index (Phi) is 8.77. The standard InChI is InChI=1S/C28H29F2NO5/c1-4-36-26(35)14-23(31-25(34)13-19-11-18(15-32)8-9-22(19)29)21-12-20(10-17(3)28(21)30)27-16(2)6-5-7-24(27)33/h5-12,23,32-33H,4,13-15H2,1-3H3,(H,31,34)/t23-/m0/s1. The van der Waals surface area contributed by atoms with Crippen molar-refractivity contribution in [3.8, 4) is 16.9 Å². The van der Waals surface area contributed by atoms with Gasteiger partial charge in [0.2, 0.25) is 5.91 Å². The van der Waals surface area contributed by atoms with Crippen LogP contribution >= 0.6 is 0 Å². The van der Waals surface area contributed by atoms with E-state index in [1.165, 1.54) is 24.3 Å². The van der Waals surface area contributed by atoms with Crippen LogP contribution in [-0.4, -0.2) is 28.7 Å². The normalized spacial score (nSPS) is 11.7. The van der Waals surface area contributed by atoms with Gasteiger partial charge in [0.25, 0.3) is 0 Å². The van der Waals surface area contributed by atoms with Crippen LogP contribution in [0.25, 0.3) is 11.1 Å². The first-order valence-corrected chi connectivity index (χ1v) is 11.6. The van der Waals surface area contributed by atoms with Gasteiger partial charge in [-0.25, -0.2) is 8.78 Å². The molecule has 0 unspecified atom stereocenters. The number of esters is 1. The minimum Gasteiger partial charge on any atom is -0.507 e. The first kappa shape index (κ1) is 26.8. The number of phenols is 1. The van der Waals surface area contributed by atoms with Crippen LogP contribution in [0.5, 0.6) is 5.75 Å². The van der Waals surface area contributed by atoms with E-state index >= 15 is 4.39 Å². The van der Waals surface area contributed by atoms with E-state index in [1.807, 2.05) is 0 Å². The smallest absolute Gasteiger partial charge is 0.308 e. The second-order valence-corrected chi connectivity index (χ2v) is 8.56. The number of aryl methyl sites for hydroxylation is 2. The van der Waals surface area contributed by atoms with Gasteiger partial charge in [-0.3, -0.25) is 9.59 Å². The fourth-order valence-corrected chi connectivity index (χ4v) is 4.13. The fourth-order valence-electron chi connectivity index (χ4n) is 4.13. The third-order valence-electron chi connectivity index (χ3n) is 5.85. The molecule has 3 aromatic rings. The second kappa shape index (κ2) is 11.8. The highest BCUT2D eigenvalue weighted by atomic mass is 19.1. The summed E-state index contributed by atoms with van der Waals surface area (Å²) in [7, 11) is 0. The molecule has 3 N–H and O–H groups in total. The summed E-state index contributed by atoms with van der Waals surface area (Å²) in [5.74, 6) is -2.51. The Bertz CT molecular complexity index is 1250. The third-order valence-corrected chi connectivity index (χ3v) is 5.85. The molecular formula is C28H29F2NO5. The highest BCUT2D eigenvalue weighted by Gasteiger charge is 2.25. The number of aliphatic hydroxyl groups is 1. The lowest BCUT2D eigenvalue weighted by Gasteiger charge is -2.22. The molecule has 0 aliphatic rings. The van der Waals surface area contributed by atoms with Crippen LogP contribution in [-0.2, 0) is 27.4 Å². The highest BCUT2D eigenvalue weighted by Crippen LogP contribution is 2.36. The van der Waals surface area contributed by atoms with Crippen molar-refractivity contribution < 1.29 is 33.3 Å². The quantitative estimate of drug-likeness (QED) is 0.369. The number of hydrogen-bond donors (Lipinski definition) is 3. The monoisotopic (exact) mass is 497 g/mol. The second-order valence-electron chi connectivity index (χ2n) is 8.56. The minimum absolute atomic E-state index is 0.0113. The fraction of sp³-hybridized carbons (Fsp3) is 0.286. The van der Waals surface area contributed by atoms with E-state index in [0.717, 1.165) is 11.6 Å². The summed E-state index contributed by atoms with van der Waals surface area (Å²) < 4.78 is 34.6. The molecule has 0 heterocycles. The molecule has 1 atom stereocenters. The van der Waals surface area contributed by atoms with Crippen molar-refractivity contribution in [2.24, 2.45) is 0 Å². The van der Waals surface area contributed by atoms with Crippen LogP contribution < -0.4 is 5.32 Å². The number of phenolic OH excluding ortho intramolecular Hbond substituents is 1. The van der Waals surface area contributed by atoms with Gasteiger partial charge in [-0.2, -0.15) is 0 Å². The van der Waals surface area contributed by atoms with Crippen LogP contribution in [0.1, 0.15) is 47.2 Å². The molecule has 0 saturated heterocycles. The van der Waals surface area contributed by atoms with Gasteiger partial charge in [-0.05, 0) is 72.9 Å². The molecule has 0 aromatic heterocycles. The number of carbonyl (C=O) groups excluding carboxylic acids is 2. The molecule has 8 heteroatoms. The maximum Gasteiger partial charge on any atom is 0.308 e. The van der Waals surface area contributed by atoms with Crippen molar-refractivity contribution in [3.05, 3.63) is 88.0 Å². The topological polar surface area (TPSA) is 95.9 Å². The van der Waals surface area contributed by atoms with E-state index in [1.54, 1.807) is 39.0 Å². The Morgan fingerprint density at radius 2 is 1.81 bits per heavy atom. The summed E-state index contributed by atoms with van der Waals surface area (Å²) in [5, 5.41) is 22.4. The maximum absolute atomic E-state index is 15.4. The zero-order valence-corrected chi connectivity index (χ0v) is 20.4. The van der Waals surface area contributed by atoms with Crippen molar-refractivity contribution in [1.29, 1.82) is 0 Å². The van der Waals surface area contributed by atoms with Gasteiger partial charge in [0.05, 0.1) is 32.1 Å². The van der Waals surface area contributed by atoms with Crippen LogP contribution in [0.2, 0.25) is 0 Å². The number of aromatic hydroxyl groups is 1. The minimum atomic E-state index is -1.11. The Balaban J connectivity index is 2.01. The molecule has 3 rings (SSSR count). The lowest BCUT2D eigenvalue weighted by molar-refractivity contribution is -0.143. The molecule has 6 nitrogen and oxygen atoms in total. The maximum atomic E-state index is 15.4. The molecule has 1 amide bonds. The van der Waals surface area contributed by atoms with E-state index < -0.39 is 29.6 Å². The van der Waals surface area contributed by atoms with Crippen LogP contribution in [0, 0.1) is 25.5 Å². The molecule has 0 aliphatic carbocycles. The lowest BCUT2D eigenvalue weighted by atomic mass is 9.92. The molecule has 0 bridgehead atoms. The van der Waals surface area contributed by atoms with E-state index in [-0.39, 0.29) is 48.5 Å². The van der Waals surface area contributed by atoms with Crippen LogP contribution in [0.3, 0.4) is 0 Å². The Labute approximate surface area is 208 Å². The summed E-state index contributed by atoms with van der Waals surface area (Å²) >= 11 is 0. The van der Waals surface area contributed by atoms with E-state index in [4.69, 9.17) is 4.74 Å². The molecule has 0 spiro atoms. The van der Waals surface area contributed by atoms with E-state index in [9.17, 15) is 24.2 Å². The van der Waals surface area contributed by atoms with Gasteiger partial charge in [0.1, 0.15) is 17.4 Å². The summed E-state index contributed by atoms with van der Waals surface area (Å²) in [6.45, 7) is 4.78. The number of ether oxygens (including phenoxy) is 1. The summed E-state index contributed by atoms with van der Waals surface area (Å²) in [5.41, 5.74) is 2.58. The SMILES string of the molecule is CCOC(=O)C[C@H](NC(=O)Cc1cc(CO)ccc1F)c1cc(-c2c(C)cccc2O)cc(C)c1F. The number of aliphatic hydroxyl groups excluding tert-OH is 1. The van der Waals surface area contributed by atoms with Gasteiger partial charge in [-0.1, -0.05) is 24.3 Å². The molecule has 190 valence electrons.